The van der Waals surface area contributed by atoms with E-state index in [1.54, 1.807) is 35.2 Å². The first-order chi connectivity index (χ1) is 14.3. The second-order valence-corrected chi connectivity index (χ2v) is 7.37. The molecule has 0 atom stereocenters. The normalized spacial score (nSPS) is 15.5. The summed E-state index contributed by atoms with van der Waals surface area (Å²) in [5.41, 5.74) is 0.861. The van der Waals surface area contributed by atoms with E-state index in [-0.39, 0.29) is 18.2 Å². The second kappa shape index (κ2) is 7.97. The van der Waals surface area contributed by atoms with Crippen LogP contribution in [-0.2, 0) is 12.7 Å². The van der Waals surface area contributed by atoms with Gasteiger partial charge in [-0.1, -0.05) is 24.3 Å². The third kappa shape index (κ3) is 4.10. The lowest BCUT2D eigenvalue weighted by Gasteiger charge is -2.32. The van der Waals surface area contributed by atoms with Crippen LogP contribution in [0.25, 0.3) is 11.0 Å². The van der Waals surface area contributed by atoms with Crippen LogP contribution < -0.4 is 5.32 Å². The van der Waals surface area contributed by atoms with Crippen LogP contribution in [0.1, 0.15) is 18.7 Å². The van der Waals surface area contributed by atoms with Gasteiger partial charge in [0.15, 0.2) is 0 Å². The number of aromatic nitrogens is 2. The molecule has 0 aliphatic carbocycles. The zero-order chi connectivity index (χ0) is 21.3. The van der Waals surface area contributed by atoms with E-state index in [9.17, 15) is 22.4 Å². The lowest BCUT2D eigenvalue weighted by atomic mass is 9.96. The number of carbonyl (C=O) groups excluding carboxylic acids is 1. The van der Waals surface area contributed by atoms with Gasteiger partial charge >= 0.3 is 12.2 Å². The van der Waals surface area contributed by atoms with Gasteiger partial charge in [-0.15, -0.1) is 0 Å². The molecule has 1 aromatic heterocycles. The van der Waals surface area contributed by atoms with Crippen molar-refractivity contribution in [3.05, 3.63) is 60.2 Å². The van der Waals surface area contributed by atoms with Gasteiger partial charge < -0.3 is 14.8 Å². The second-order valence-electron chi connectivity index (χ2n) is 7.37. The average molecular weight is 420 g/mol. The van der Waals surface area contributed by atoms with Crippen molar-refractivity contribution in [3.63, 3.8) is 0 Å². The quantitative estimate of drug-likeness (QED) is 0.597. The van der Waals surface area contributed by atoms with Gasteiger partial charge in [0.05, 0.1) is 16.7 Å². The van der Waals surface area contributed by atoms with Crippen LogP contribution in [0, 0.1) is 11.7 Å². The molecule has 2 amide bonds. The number of benzene rings is 2. The summed E-state index contributed by atoms with van der Waals surface area (Å²) in [5, 5.41) is 2.54. The summed E-state index contributed by atoms with van der Waals surface area (Å²) in [6.45, 7) is 0.954. The number of nitrogens with one attached hydrogen (secondary N) is 1. The average Bonchev–Trinajstić information content (AvgIpc) is 3.09. The first-order valence-corrected chi connectivity index (χ1v) is 9.66. The number of halogens is 4. The van der Waals surface area contributed by atoms with Gasteiger partial charge in [-0.3, -0.25) is 0 Å². The van der Waals surface area contributed by atoms with Crippen LogP contribution in [0.2, 0.25) is 0 Å². The Kier molecular flexibility index (Phi) is 5.36. The topological polar surface area (TPSA) is 50.2 Å². The van der Waals surface area contributed by atoms with Crippen molar-refractivity contribution in [2.45, 2.75) is 25.6 Å². The molecule has 158 valence electrons. The molecule has 3 aromatic rings. The largest absolute Gasteiger partial charge is 0.449 e. The van der Waals surface area contributed by atoms with E-state index in [1.807, 2.05) is 0 Å². The van der Waals surface area contributed by atoms with Crippen LogP contribution in [-0.4, -0.2) is 33.6 Å². The van der Waals surface area contributed by atoms with E-state index in [2.05, 4.69) is 10.3 Å². The van der Waals surface area contributed by atoms with Crippen LogP contribution >= 0.6 is 0 Å². The number of carbonyl (C=O) groups is 1. The molecule has 1 aliphatic rings. The number of alkyl halides is 3. The summed E-state index contributed by atoms with van der Waals surface area (Å²) < 4.78 is 55.4. The Balaban J connectivity index is 1.43. The minimum Gasteiger partial charge on any atom is -0.325 e. The van der Waals surface area contributed by atoms with Crippen molar-refractivity contribution in [2.75, 3.05) is 18.4 Å². The van der Waals surface area contributed by atoms with Crippen molar-refractivity contribution in [3.8, 4) is 0 Å². The lowest BCUT2D eigenvalue weighted by Crippen LogP contribution is -2.42. The predicted molar refractivity (Wildman–Crippen MR) is 104 cm³/mol. The van der Waals surface area contributed by atoms with Gasteiger partial charge in [0.2, 0.25) is 5.82 Å². The molecule has 2 heterocycles. The molecule has 0 saturated carbocycles. The number of rotatable bonds is 3. The van der Waals surface area contributed by atoms with Crippen molar-refractivity contribution in [2.24, 2.45) is 5.92 Å². The number of hydrogen-bond donors (Lipinski definition) is 1. The first kappa shape index (κ1) is 20.2. The number of piperidine rings is 1. The van der Waals surface area contributed by atoms with Crippen LogP contribution in [0.5, 0.6) is 0 Å². The molecule has 0 spiro atoms. The molecule has 1 saturated heterocycles. The molecular weight excluding hydrogens is 400 g/mol. The predicted octanol–water partition coefficient (Wildman–Crippen LogP) is 5.14. The van der Waals surface area contributed by atoms with Gasteiger partial charge in [-0.2, -0.15) is 13.2 Å². The van der Waals surface area contributed by atoms with Crippen molar-refractivity contribution >= 4 is 22.8 Å². The fourth-order valence-electron chi connectivity index (χ4n) is 3.81. The van der Waals surface area contributed by atoms with Gasteiger partial charge in [0, 0.05) is 19.6 Å². The molecule has 4 rings (SSSR count). The summed E-state index contributed by atoms with van der Waals surface area (Å²) in [4.78, 5) is 17.7. The summed E-state index contributed by atoms with van der Waals surface area (Å²) in [6, 6.07) is 12.0. The maximum absolute atomic E-state index is 13.7. The molecule has 0 unspecified atom stereocenters. The maximum Gasteiger partial charge on any atom is 0.449 e. The fraction of sp³-hybridized carbons (Fsp3) is 0.333. The molecule has 0 radical (unpaired) electrons. The Morgan fingerprint density at radius 2 is 1.73 bits per heavy atom. The third-order valence-corrected chi connectivity index (χ3v) is 5.37. The van der Waals surface area contributed by atoms with E-state index in [0.717, 1.165) is 0 Å². The lowest BCUT2D eigenvalue weighted by molar-refractivity contribution is -0.147. The fourth-order valence-corrected chi connectivity index (χ4v) is 3.81. The number of fused-ring (bicyclic) bond motifs is 1. The third-order valence-electron chi connectivity index (χ3n) is 5.37. The van der Waals surface area contributed by atoms with Crippen LogP contribution in [0.4, 0.5) is 28.0 Å². The van der Waals surface area contributed by atoms with Gasteiger partial charge in [-0.25, -0.2) is 14.2 Å². The number of amides is 2. The molecule has 1 fully saturated rings. The number of para-hydroxylation sites is 3. The highest BCUT2D eigenvalue weighted by Crippen LogP contribution is 2.33. The minimum atomic E-state index is -4.54. The van der Waals surface area contributed by atoms with Crippen molar-refractivity contribution in [1.82, 2.24) is 14.5 Å². The molecule has 9 heteroatoms. The number of likely N-dealkylation sites (tertiary alicyclic amines) is 1. The first-order valence-electron chi connectivity index (χ1n) is 9.66. The van der Waals surface area contributed by atoms with E-state index < -0.39 is 23.8 Å². The number of nitrogens with zero attached hydrogens (tertiary/aromatic N) is 3. The monoisotopic (exact) mass is 420 g/mol. The highest BCUT2D eigenvalue weighted by molar-refractivity contribution is 5.89. The molecule has 5 nitrogen and oxygen atoms in total. The smallest absolute Gasteiger partial charge is 0.325 e. The van der Waals surface area contributed by atoms with Crippen molar-refractivity contribution in [1.29, 1.82) is 0 Å². The van der Waals surface area contributed by atoms with Crippen LogP contribution in [0.3, 0.4) is 0 Å². The molecule has 2 aromatic carbocycles. The Morgan fingerprint density at radius 3 is 2.43 bits per heavy atom. The standard InChI is InChI=1S/C21H20F4N4O/c22-15-5-1-2-6-16(15)27-20(30)28-11-9-14(10-12-28)13-29-18-8-4-3-7-17(18)26-19(29)21(23,24)25/h1-8,14H,9-13H2,(H,27,30). The van der Waals surface area contributed by atoms with E-state index in [4.69, 9.17) is 0 Å². The summed E-state index contributed by atoms with van der Waals surface area (Å²) in [7, 11) is 0. The number of anilines is 1. The Bertz CT molecular complexity index is 1050. The Morgan fingerprint density at radius 1 is 1.07 bits per heavy atom. The van der Waals surface area contributed by atoms with Gasteiger partial charge in [-0.05, 0) is 43.0 Å². The van der Waals surface area contributed by atoms with Gasteiger partial charge in [0.1, 0.15) is 5.82 Å². The summed E-state index contributed by atoms with van der Waals surface area (Å²) in [5.74, 6) is -1.45. The highest BCUT2D eigenvalue weighted by Gasteiger charge is 2.38. The zero-order valence-corrected chi connectivity index (χ0v) is 16.0. The Hall–Kier alpha value is -3.10. The van der Waals surface area contributed by atoms with E-state index >= 15 is 0 Å². The van der Waals surface area contributed by atoms with E-state index in [0.29, 0.717) is 37.0 Å². The van der Waals surface area contributed by atoms with Crippen LogP contribution in [0.15, 0.2) is 48.5 Å². The van der Waals surface area contributed by atoms with Crippen molar-refractivity contribution < 1.29 is 22.4 Å². The highest BCUT2D eigenvalue weighted by atomic mass is 19.4. The number of hydrogen-bond acceptors (Lipinski definition) is 2. The van der Waals surface area contributed by atoms with Gasteiger partial charge in [0.25, 0.3) is 0 Å². The maximum atomic E-state index is 13.7. The Labute approximate surface area is 170 Å². The molecular formula is C21H20F4N4O. The summed E-state index contributed by atoms with van der Waals surface area (Å²) in [6.07, 6.45) is -3.44. The molecule has 1 aliphatic heterocycles. The number of urea groups is 1. The molecule has 30 heavy (non-hydrogen) atoms. The molecule has 1 N–H and O–H groups in total. The summed E-state index contributed by atoms with van der Waals surface area (Å²) >= 11 is 0. The van der Waals surface area contributed by atoms with E-state index in [1.165, 1.54) is 22.8 Å². The molecule has 0 bridgehead atoms. The zero-order valence-electron chi connectivity index (χ0n) is 16.0. The number of imidazole rings is 1. The minimum absolute atomic E-state index is 0.0267. The SMILES string of the molecule is O=C(Nc1ccccc1F)N1CCC(Cn2c(C(F)(F)F)nc3ccccc32)CC1.